The van der Waals surface area contributed by atoms with Gasteiger partial charge in [-0.05, 0) is 37.1 Å². The van der Waals surface area contributed by atoms with E-state index in [1.54, 1.807) is 7.11 Å². The van der Waals surface area contributed by atoms with E-state index in [0.717, 1.165) is 30.8 Å². The zero-order valence-corrected chi connectivity index (χ0v) is 12.3. The lowest BCUT2D eigenvalue weighted by atomic mass is 9.81. The van der Waals surface area contributed by atoms with Gasteiger partial charge in [-0.2, -0.15) is 0 Å². The van der Waals surface area contributed by atoms with Gasteiger partial charge in [0.2, 0.25) is 0 Å². The van der Waals surface area contributed by atoms with E-state index in [0.29, 0.717) is 12.3 Å². The summed E-state index contributed by atoms with van der Waals surface area (Å²) in [4.78, 5) is 14.3. The Morgan fingerprint density at radius 2 is 2.11 bits per heavy atom. The van der Waals surface area contributed by atoms with Crippen LogP contribution in [0.2, 0.25) is 0 Å². The lowest BCUT2D eigenvalue weighted by molar-refractivity contribution is -0.132. The van der Waals surface area contributed by atoms with E-state index in [4.69, 9.17) is 4.74 Å². The lowest BCUT2D eigenvalue weighted by Gasteiger charge is -2.35. The van der Waals surface area contributed by atoms with Crippen LogP contribution in [0.25, 0.3) is 0 Å². The molecular weight excluding hydrogens is 238 g/mol. The Bertz CT molecular complexity index is 480. The molecule has 0 N–H and O–H groups in total. The van der Waals surface area contributed by atoms with Crippen LogP contribution in [0.4, 0.5) is 0 Å². The van der Waals surface area contributed by atoms with Crippen molar-refractivity contribution in [3.8, 4) is 5.75 Å². The third-order valence-corrected chi connectivity index (χ3v) is 4.04. The van der Waals surface area contributed by atoms with Gasteiger partial charge in [-0.3, -0.25) is 9.69 Å². The summed E-state index contributed by atoms with van der Waals surface area (Å²) in [6.07, 6.45) is 0.945. The van der Waals surface area contributed by atoms with Crippen molar-refractivity contribution in [3.05, 3.63) is 29.3 Å². The molecule has 0 bridgehead atoms. The fraction of sp³-hybridized carbons (Fsp3) is 0.562. The normalized spacial score (nSPS) is 19.5. The Morgan fingerprint density at radius 1 is 1.37 bits per heavy atom. The molecule has 1 heterocycles. The third-order valence-electron chi connectivity index (χ3n) is 4.04. The van der Waals surface area contributed by atoms with Gasteiger partial charge in [0, 0.05) is 12.0 Å². The van der Waals surface area contributed by atoms with Gasteiger partial charge in [-0.1, -0.05) is 26.0 Å². The highest BCUT2D eigenvalue weighted by molar-refractivity contribution is 5.86. The van der Waals surface area contributed by atoms with Crippen molar-refractivity contribution in [1.29, 1.82) is 0 Å². The topological polar surface area (TPSA) is 29.5 Å². The average molecular weight is 261 g/mol. The predicted molar refractivity (Wildman–Crippen MR) is 76.4 cm³/mol. The monoisotopic (exact) mass is 261 g/mol. The van der Waals surface area contributed by atoms with Gasteiger partial charge < -0.3 is 4.74 Å². The van der Waals surface area contributed by atoms with Crippen LogP contribution in [0, 0.1) is 12.3 Å². The van der Waals surface area contributed by atoms with E-state index in [-0.39, 0.29) is 5.41 Å². The maximum atomic E-state index is 12.0. The van der Waals surface area contributed by atoms with Gasteiger partial charge in [0.25, 0.3) is 0 Å². The van der Waals surface area contributed by atoms with Crippen LogP contribution in [0.3, 0.4) is 0 Å². The Kier molecular flexibility index (Phi) is 3.95. The number of likely N-dealkylation sites (tertiary alicyclic amines) is 1. The number of rotatable bonds is 3. The van der Waals surface area contributed by atoms with Gasteiger partial charge in [0.1, 0.15) is 5.75 Å². The molecule has 1 aliphatic heterocycles. The maximum absolute atomic E-state index is 12.0. The molecule has 1 aromatic rings. The molecule has 1 aromatic carbocycles. The molecule has 104 valence electrons. The number of Topliss-reactive ketones (excluding diaryl/α,β-unsaturated/α-hetero) is 1. The highest BCUT2D eigenvalue weighted by Gasteiger charge is 2.33. The highest BCUT2D eigenvalue weighted by Crippen LogP contribution is 2.28. The molecule has 2 rings (SSSR count). The number of aryl methyl sites for hydroxylation is 1. The van der Waals surface area contributed by atoms with Crippen LogP contribution in [0.5, 0.6) is 5.75 Å². The summed E-state index contributed by atoms with van der Waals surface area (Å²) in [7, 11) is 1.69. The fourth-order valence-corrected chi connectivity index (χ4v) is 2.51. The molecule has 0 aliphatic carbocycles. The van der Waals surface area contributed by atoms with Crippen LogP contribution < -0.4 is 4.74 Å². The first-order valence-electron chi connectivity index (χ1n) is 6.81. The van der Waals surface area contributed by atoms with Crippen molar-refractivity contribution < 1.29 is 9.53 Å². The molecule has 1 fully saturated rings. The fourth-order valence-electron chi connectivity index (χ4n) is 2.51. The van der Waals surface area contributed by atoms with E-state index in [9.17, 15) is 4.79 Å². The molecule has 19 heavy (non-hydrogen) atoms. The number of hydrogen-bond donors (Lipinski definition) is 0. The zero-order chi connectivity index (χ0) is 14.0. The number of methoxy groups -OCH3 is 1. The molecule has 3 heteroatoms. The minimum Gasteiger partial charge on any atom is -0.496 e. The third kappa shape index (κ3) is 3.16. The number of hydrogen-bond acceptors (Lipinski definition) is 3. The quantitative estimate of drug-likeness (QED) is 0.838. The minimum absolute atomic E-state index is 0.147. The van der Waals surface area contributed by atoms with Crippen LogP contribution >= 0.6 is 0 Å². The molecule has 0 unspecified atom stereocenters. The molecule has 1 aliphatic rings. The number of benzene rings is 1. The van der Waals surface area contributed by atoms with Crippen LogP contribution in [0.1, 0.15) is 31.4 Å². The van der Waals surface area contributed by atoms with Crippen LogP contribution in [-0.2, 0) is 11.3 Å². The highest BCUT2D eigenvalue weighted by atomic mass is 16.5. The minimum atomic E-state index is -0.147. The van der Waals surface area contributed by atoms with Crippen molar-refractivity contribution in [2.45, 2.75) is 33.7 Å². The van der Waals surface area contributed by atoms with Crippen molar-refractivity contribution in [2.24, 2.45) is 5.41 Å². The van der Waals surface area contributed by atoms with Gasteiger partial charge in [-0.15, -0.1) is 0 Å². The van der Waals surface area contributed by atoms with Crippen molar-refractivity contribution >= 4 is 5.78 Å². The standard InChI is InChI=1S/C16H23NO2/c1-12-9-13(5-6-14(12)19-4)10-17-8-7-16(2,3)15(18)11-17/h5-6,9H,7-8,10-11H2,1-4H3. The van der Waals surface area contributed by atoms with Crippen molar-refractivity contribution in [1.82, 2.24) is 4.90 Å². The van der Waals surface area contributed by atoms with Gasteiger partial charge in [-0.25, -0.2) is 0 Å². The molecule has 0 atom stereocenters. The van der Waals surface area contributed by atoms with E-state index >= 15 is 0 Å². The van der Waals surface area contributed by atoms with E-state index in [2.05, 4.69) is 17.0 Å². The second kappa shape index (κ2) is 5.33. The zero-order valence-electron chi connectivity index (χ0n) is 12.3. The number of piperidine rings is 1. The summed E-state index contributed by atoms with van der Waals surface area (Å²) in [5, 5.41) is 0. The largest absolute Gasteiger partial charge is 0.496 e. The Labute approximate surface area is 115 Å². The van der Waals surface area contributed by atoms with E-state index in [1.807, 2.05) is 26.8 Å². The first-order chi connectivity index (χ1) is 8.92. The lowest BCUT2D eigenvalue weighted by Crippen LogP contribution is -2.44. The number of ether oxygens (including phenoxy) is 1. The van der Waals surface area contributed by atoms with Gasteiger partial charge in [0.05, 0.1) is 13.7 Å². The molecule has 3 nitrogen and oxygen atoms in total. The van der Waals surface area contributed by atoms with Crippen LogP contribution in [0.15, 0.2) is 18.2 Å². The van der Waals surface area contributed by atoms with Gasteiger partial charge in [0.15, 0.2) is 5.78 Å². The van der Waals surface area contributed by atoms with E-state index < -0.39 is 0 Å². The first kappa shape index (κ1) is 14.1. The Hall–Kier alpha value is -1.35. The molecule has 0 radical (unpaired) electrons. The predicted octanol–water partition coefficient (Wildman–Crippen LogP) is 2.80. The summed E-state index contributed by atoms with van der Waals surface area (Å²) < 4.78 is 5.27. The summed E-state index contributed by atoms with van der Waals surface area (Å²) in [6, 6.07) is 6.22. The smallest absolute Gasteiger partial charge is 0.152 e. The molecule has 1 saturated heterocycles. The Balaban J connectivity index is 2.03. The second-order valence-corrected chi connectivity index (χ2v) is 6.07. The Morgan fingerprint density at radius 3 is 2.68 bits per heavy atom. The molecule has 0 amide bonds. The number of carbonyl (C=O) groups is 1. The van der Waals surface area contributed by atoms with Gasteiger partial charge >= 0.3 is 0 Å². The SMILES string of the molecule is COc1ccc(CN2CCC(C)(C)C(=O)C2)cc1C. The van der Waals surface area contributed by atoms with E-state index in [1.165, 1.54) is 5.56 Å². The summed E-state index contributed by atoms with van der Waals surface area (Å²) in [5.74, 6) is 1.27. The molecule has 0 aromatic heterocycles. The van der Waals surface area contributed by atoms with Crippen LogP contribution in [-0.4, -0.2) is 30.9 Å². The number of carbonyl (C=O) groups excluding carboxylic acids is 1. The summed E-state index contributed by atoms with van der Waals surface area (Å²) >= 11 is 0. The van der Waals surface area contributed by atoms with Crippen molar-refractivity contribution in [2.75, 3.05) is 20.2 Å². The summed E-state index contributed by atoms with van der Waals surface area (Å²) in [5.41, 5.74) is 2.24. The molecule has 0 saturated carbocycles. The second-order valence-electron chi connectivity index (χ2n) is 6.07. The van der Waals surface area contributed by atoms with Crippen molar-refractivity contribution in [3.63, 3.8) is 0 Å². The number of nitrogens with zero attached hydrogens (tertiary/aromatic N) is 1. The average Bonchev–Trinajstić information content (AvgIpc) is 2.35. The molecular formula is C16H23NO2. The summed E-state index contributed by atoms with van der Waals surface area (Å²) in [6.45, 7) is 8.54. The molecule has 0 spiro atoms. The first-order valence-corrected chi connectivity index (χ1v) is 6.81. The maximum Gasteiger partial charge on any atom is 0.152 e. The number of ketones is 1.